The molecule has 0 bridgehead atoms. The quantitative estimate of drug-likeness (QED) is 0.843. The molecule has 0 radical (unpaired) electrons. The molecule has 0 aliphatic rings. The van der Waals surface area contributed by atoms with Crippen LogP contribution in [0.15, 0.2) is 24.3 Å². The highest BCUT2D eigenvalue weighted by molar-refractivity contribution is 7.89. The maximum atomic E-state index is 10.9. The number of benzene rings is 1. The lowest BCUT2D eigenvalue weighted by Crippen LogP contribution is -2.22. The Morgan fingerprint density at radius 2 is 2.12 bits per heavy atom. The highest BCUT2D eigenvalue weighted by atomic mass is 32.2. The van der Waals surface area contributed by atoms with E-state index in [-0.39, 0.29) is 11.7 Å². The number of sulfonamides is 1. The molecule has 0 saturated heterocycles. The second kappa shape index (κ2) is 5.32. The van der Waals surface area contributed by atoms with E-state index in [0.717, 1.165) is 11.3 Å². The molecule has 0 aromatic heterocycles. The lowest BCUT2D eigenvalue weighted by atomic mass is 10.0. The van der Waals surface area contributed by atoms with Gasteiger partial charge in [0.1, 0.15) is 5.75 Å². The van der Waals surface area contributed by atoms with Crippen molar-refractivity contribution in [2.45, 2.75) is 13.3 Å². The number of ether oxygens (including phenoxy) is 1. The summed E-state index contributed by atoms with van der Waals surface area (Å²) in [5.41, 5.74) is 1.05. The van der Waals surface area contributed by atoms with Crippen LogP contribution in [-0.2, 0) is 16.4 Å². The van der Waals surface area contributed by atoms with E-state index in [4.69, 9.17) is 9.88 Å². The van der Waals surface area contributed by atoms with Crippen molar-refractivity contribution in [3.8, 4) is 5.75 Å². The van der Waals surface area contributed by atoms with Crippen LogP contribution in [-0.4, -0.2) is 21.3 Å². The lowest BCUT2D eigenvalue weighted by molar-refractivity contribution is 0.414. The summed E-state index contributed by atoms with van der Waals surface area (Å²) in [6, 6.07) is 7.59. The molecule has 0 heterocycles. The summed E-state index contributed by atoms with van der Waals surface area (Å²) < 4.78 is 26.9. The van der Waals surface area contributed by atoms with Gasteiger partial charge >= 0.3 is 0 Å². The van der Waals surface area contributed by atoms with Crippen LogP contribution in [0.5, 0.6) is 5.75 Å². The van der Waals surface area contributed by atoms with Crippen LogP contribution in [0.25, 0.3) is 0 Å². The van der Waals surface area contributed by atoms with Crippen molar-refractivity contribution in [1.29, 1.82) is 0 Å². The van der Waals surface area contributed by atoms with Gasteiger partial charge in [0.15, 0.2) is 0 Å². The van der Waals surface area contributed by atoms with Gasteiger partial charge in [-0.25, -0.2) is 13.6 Å². The standard InChI is InChI=1S/C11H17NO3S/c1-9(8-16(12,13)14)6-10-4-3-5-11(7-10)15-2/h3-5,7,9H,6,8H2,1-2H3,(H2,12,13,14). The minimum Gasteiger partial charge on any atom is -0.497 e. The molecule has 16 heavy (non-hydrogen) atoms. The van der Waals surface area contributed by atoms with E-state index in [2.05, 4.69) is 0 Å². The zero-order chi connectivity index (χ0) is 12.2. The van der Waals surface area contributed by atoms with Gasteiger partial charge in [-0.2, -0.15) is 0 Å². The summed E-state index contributed by atoms with van der Waals surface area (Å²) in [5, 5.41) is 4.99. The largest absolute Gasteiger partial charge is 0.497 e. The monoisotopic (exact) mass is 243 g/mol. The van der Waals surface area contributed by atoms with Crippen molar-refractivity contribution in [2.24, 2.45) is 11.1 Å². The van der Waals surface area contributed by atoms with E-state index < -0.39 is 10.0 Å². The Kier molecular flexibility index (Phi) is 4.32. The number of nitrogens with two attached hydrogens (primary N) is 1. The molecule has 5 heteroatoms. The highest BCUT2D eigenvalue weighted by Crippen LogP contribution is 2.16. The Hall–Kier alpha value is -1.07. The van der Waals surface area contributed by atoms with E-state index in [0.29, 0.717) is 6.42 Å². The van der Waals surface area contributed by atoms with Gasteiger partial charge in [-0.1, -0.05) is 19.1 Å². The first kappa shape index (κ1) is 13.0. The van der Waals surface area contributed by atoms with Crippen LogP contribution < -0.4 is 9.88 Å². The van der Waals surface area contributed by atoms with Gasteiger partial charge in [-0.15, -0.1) is 0 Å². The minimum atomic E-state index is -3.39. The van der Waals surface area contributed by atoms with Crippen LogP contribution in [0.1, 0.15) is 12.5 Å². The predicted molar refractivity (Wildman–Crippen MR) is 63.8 cm³/mol. The lowest BCUT2D eigenvalue weighted by Gasteiger charge is -2.10. The minimum absolute atomic E-state index is 0.00195. The first-order valence-electron chi connectivity index (χ1n) is 5.04. The van der Waals surface area contributed by atoms with Gasteiger partial charge in [0.2, 0.25) is 10.0 Å². The number of primary sulfonamides is 1. The van der Waals surface area contributed by atoms with Crippen LogP contribution in [0, 0.1) is 5.92 Å². The van der Waals surface area contributed by atoms with Crippen molar-refractivity contribution in [3.05, 3.63) is 29.8 Å². The average Bonchev–Trinajstić information content (AvgIpc) is 2.15. The van der Waals surface area contributed by atoms with Gasteiger partial charge in [0, 0.05) is 0 Å². The second-order valence-corrected chi connectivity index (χ2v) is 5.65. The van der Waals surface area contributed by atoms with Crippen LogP contribution in [0.3, 0.4) is 0 Å². The van der Waals surface area contributed by atoms with E-state index in [9.17, 15) is 8.42 Å². The average molecular weight is 243 g/mol. The van der Waals surface area contributed by atoms with E-state index in [1.165, 1.54) is 0 Å². The molecule has 4 nitrogen and oxygen atoms in total. The summed E-state index contributed by atoms with van der Waals surface area (Å²) in [6.45, 7) is 1.86. The van der Waals surface area contributed by atoms with E-state index in [1.807, 2.05) is 31.2 Å². The normalized spacial score (nSPS) is 13.4. The molecule has 0 amide bonds. The molecule has 1 aromatic carbocycles. The number of hydrogen-bond acceptors (Lipinski definition) is 3. The molecule has 1 unspecified atom stereocenters. The number of rotatable bonds is 5. The first-order valence-corrected chi connectivity index (χ1v) is 6.75. The Bertz CT molecular complexity index is 442. The molecule has 0 aliphatic heterocycles. The third-order valence-corrected chi connectivity index (χ3v) is 3.27. The zero-order valence-corrected chi connectivity index (χ0v) is 10.3. The van der Waals surface area contributed by atoms with Gasteiger partial charge in [-0.3, -0.25) is 0 Å². The van der Waals surface area contributed by atoms with Crippen LogP contribution in [0.4, 0.5) is 0 Å². The Morgan fingerprint density at radius 1 is 1.44 bits per heavy atom. The summed E-state index contributed by atoms with van der Waals surface area (Å²) in [5.74, 6) is 0.784. The molecule has 2 N–H and O–H groups in total. The zero-order valence-electron chi connectivity index (χ0n) is 9.51. The van der Waals surface area contributed by atoms with Gasteiger partial charge < -0.3 is 4.74 Å². The Morgan fingerprint density at radius 3 is 2.69 bits per heavy atom. The maximum Gasteiger partial charge on any atom is 0.209 e. The smallest absolute Gasteiger partial charge is 0.209 e. The van der Waals surface area contributed by atoms with Crippen LogP contribution >= 0.6 is 0 Å². The molecule has 1 atom stereocenters. The van der Waals surface area contributed by atoms with E-state index in [1.54, 1.807) is 7.11 Å². The highest BCUT2D eigenvalue weighted by Gasteiger charge is 2.11. The summed E-state index contributed by atoms with van der Waals surface area (Å²) in [4.78, 5) is 0. The predicted octanol–water partition coefficient (Wildman–Crippen LogP) is 1.16. The Labute approximate surface area is 96.5 Å². The number of methoxy groups -OCH3 is 1. The summed E-state index contributed by atoms with van der Waals surface area (Å²) >= 11 is 0. The fourth-order valence-corrected chi connectivity index (χ4v) is 2.57. The molecule has 1 aromatic rings. The molecule has 0 aliphatic carbocycles. The Balaban J connectivity index is 2.65. The fraction of sp³-hybridized carbons (Fsp3) is 0.455. The molecular weight excluding hydrogens is 226 g/mol. The molecule has 0 fully saturated rings. The molecular formula is C11H17NO3S. The van der Waals surface area contributed by atoms with Crippen LogP contribution in [0.2, 0.25) is 0 Å². The molecule has 0 saturated carbocycles. The van der Waals surface area contributed by atoms with Gasteiger partial charge in [-0.05, 0) is 30.0 Å². The van der Waals surface area contributed by atoms with Crippen molar-refractivity contribution in [3.63, 3.8) is 0 Å². The first-order chi connectivity index (χ1) is 7.40. The fourth-order valence-electron chi connectivity index (χ4n) is 1.66. The van der Waals surface area contributed by atoms with Gasteiger partial charge in [0.05, 0.1) is 12.9 Å². The topological polar surface area (TPSA) is 69.4 Å². The van der Waals surface area contributed by atoms with Crippen molar-refractivity contribution in [2.75, 3.05) is 12.9 Å². The molecule has 1 rings (SSSR count). The third-order valence-electron chi connectivity index (χ3n) is 2.24. The SMILES string of the molecule is COc1cccc(CC(C)CS(N)(=O)=O)c1. The maximum absolute atomic E-state index is 10.9. The third kappa shape index (κ3) is 4.63. The summed E-state index contributed by atoms with van der Waals surface area (Å²) in [6.07, 6.45) is 0.674. The number of hydrogen-bond donors (Lipinski definition) is 1. The van der Waals surface area contributed by atoms with Crippen molar-refractivity contribution < 1.29 is 13.2 Å². The van der Waals surface area contributed by atoms with E-state index >= 15 is 0 Å². The second-order valence-electron chi connectivity index (χ2n) is 3.99. The van der Waals surface area contributed by atoms with Crippen molar-refractivity contribution in [1.82, 2.24) is 0 Å². The molecule has 90 valence electrons. The summed E-state index contributed by atoms with van der Waals surface area (Å²) in [7, 11) is -1.79. The van der Waals surface area contributed by atoms with Crippen molar-refractivity contribution >= 4 is 10.0 Å². The van der Waals surface area contributed by atoms with Gasteiger partial charge in [0.25, 0.3) is 0 Å². The molecule has 0 spiro atoms.